The number of benzene rings is 1. The van der Waals surface area contributed by atoms with E-state index in [1.165, 1.54) is 6.33 Å². The number of methoxy groups -OCH3 is 1. The molecule has 0 saturated carbocycles. The average molecular weight is 695 g/mol. The van der Waals surface area contributed by atoms with Crippen LogP contribution in [0.15, 0.2) is 48.9 Å². The maximum atomic E-state index is 15.4. The van der Waals surface area contributed by atoms with Gasteiger partial charge in [0.25, 0.3) is 0 Å². The van der Waals surface area contributed by atoms with Crippen LogP contribution in [0.2, 0.25) is 10.0 Å². The molecule has 5 N–H and O–H groups in total. The molecule has 0 bridgehead atoms. The molecule has 5 heterocycles. The number of anilines is 2. The Morgan fingerprint density at radius 3 is 2.31 bits per heavy atom. The summed E-state index contributed by atoms with van der Waals surface area (Å²) in [5, 5.41) is 15.9. The van der Waals surface area contributed by atoms with Crippen molar-refractivity contribution in [1.29, 1.82) is 0 Å². The number of ether oxygens (including phenoxy) is 1. The fourth-order valence-electron chi connectivity index (χ4n) is 5.72. The first-order valence-corrected chi connectivity index (χ1v) is 16.3. The molecule has 6 rings (SSSR count). The maximum Gasteiger partial charge on any atom is 0.220 e. The summed E-state index contributed by atoms with van der Waals surface area (Å²) in [6.07, 6.45) is 5.49. The van der Waals surface area contributed by atoms with Crippen LogP contribution in [-0.2, 0) is 22.7 Å². The summed E-state index contributed by atoms with van der Waals surface area (Å²) in [4.78, 5) is 40.3. The number of hydrogen-bond acceptors (Lipinski definition) is 10. The Morgan fingerprint density at radius 2 is 1.62 bits per heavy atom. The summed E-state index contributed by atoms with van der Waals surface area (Å²) in [6.45, 7) is 1.82. The van der Waals surface area contributed by atoms with Gasteiger partial charge in [-0.25, -0.2) is 19.3 Å². The van der Waals surface area contributed by atoms with Crippen LogP contribution in [0.25, 0.3) is 22.5 Å². The van der Waals surface area contributed by atoms with Crippen LogP contribution in [0.3, 0.4) is 0 Å². The van der Waals surface area contributed by atoms with Gasteiger partial charge in [-0.15, -0.1) is 0 Å². The van der Waals surface area contributed by atoms with Crippen LogP contribution in [0.1, 0.15) is 36.9 Å². The highest BCUT2D eigenvalue weighted by Crippen LogP contribution is 2.40. The van der Waals surface area contributed by atoms with Crippen molar-refractivity contribution < 1.29 is 18.7 Å². The van der Waals surface area contributed by atoms with Gasteiger partial charge in [0.15, 0.2) is 11.6 Å². The largest absolute Gasteiger partial charge is 0.481 e. The van der Waals surface area contributed by atoms with Crippen LogP contribution < -0.4 is 31.3 Å². The van der Waals surface area contributed by atoms with Gasteiger partial charge >= 0.3 is 0 Å². The summed E-state index contributed by atoms with van der Waals surface area (Å²) in [7, 11) is 1.56. The second kappa shape index (κ2) is 15.2. The SMILES string of the molecule is COc1nc(-c2ccnc(-c3cccc(Nc4ncnc(CNC[C@@H]5CCC(=O)N5)c4F)c3Cl)c2Cl)ccc1CNC[C@H]1CCC(=O)N1. The van der Waals surface area contributed by atoms with Gasteiger partial charge < -0.3 is 31.3 Å². The lowest BCUT2D eigenvalue weighted by atomic mass is 10.1. The Morgan fingerprint density at radius 1 is 0.896 bits per heavy atom. The third-order valence-corrected chi connectivity index (χ3v) is 9.02. The number of amides is 2. The van der Waals surface area contributed by atoms with Crippen molar-refractivity contribution >= 4 is 46.5 Å². The zero-order valence-electron chi connectivity index (χ0n) is 26.1. The monoisotopic (exact) mass is 693 g/mol. The smallest absolute Gasteiger partial charge is 0.220 e. The fraction of sp³-hybridized carbons (Fsp3) is 0.333. The van der Waals surface area contributed by atoms with Crippen LogP contribution in [0, 0.1) is 5.82 Å². The lowest BCUT2D eigenvalue weighted by Crippen LogP contribution is -2.35. The molecule has 4 aromatic rings. The average Bonchev–Trinajstić information content (AvgIpc) is 3.70. The molecule has 1 aromatic carbocycles. The number of pyridine rings is 2. The number of nitrogens with zero attached hydrogens (tertiary/aromatic N) is 4. The predicted molar refractivity (Wildman–Crippen MR) is 180 cm³/mol. The molecule has 15 heteroatoms. The van der Waals surface area contributed by atoms with Gasteiger partial charge in [0.1, 0.15) is 6.33 Å². The first kappa shape index (κ1) is 33.5. The molecule has 0 aliphatic carbocycles. The minimum atomic E-state index is -0.621. The first-order chi connectivity index (χ1) is 23.3. The van der Waals surface area contributed by atoms with Gasteiger partial charge in [0.05, 0.1) is 39.9 Å². The third-order valence-electron chi connectivity index (χ3n) is 8.23. The maximum absolute atomic E-state index is 15.4. The Bertz CT molecular complexity index is 1830. The molecule has 2 aliphatic rings. The summed E-state index contributed by atoms with van der Waals surface area (Å²) in [6, 6.07) is 10.9. The highest BCUT2D eigenvalue weighted by Gasteiger charge is 2.23. The van der Waals surface area contributed by atoms with Gasteiger partial charge in [-0.1, -0.05) is 41.4 Å². The van der Waals surface area contributed by atoms with Gasteiger partial charge in [-0.3, -0.25) is 14.6 Å². The molecule has 12 nitrogen and oxygen atoms in total. The van der Waals surface area contributed by atoms with Crippen molar-refractivity contribution in [3.05, 3.63) is 76.0 Å². The number of carbonyl (C=O) groups is 2. The standard InChI is InChI=1S/C33H34Cl2FN9O3/c1-48-33-18(13-37-14-19-6-9-26(46)42-19)5-8-23(45-33)21-11-12-39-31(29(21)35)22-3-2-4-24(28(22)34)44-32-30(36)25(40-17-41-32)16-38-15-20-7-10-27(47)43-20/h2-5,8,11-12,17,19-20,37-38H,6-7,9-10,13-16H2,1H3,(H,42,46)(H,43,47)(H,40,41,44)/t19-,20+/m1/s1. The van der Waals surface area contributed by atoms with E-state index in [1.54, 1.807) is 37.6 Å². The van der Waals surface area contributed by atoms with Crippen molar-refractivity contribution in [3.8, 4) is 28.4 Å². The number of halogens is 3. The second-order valence-electron chi connectivity index (χ2n) is 11.5. The molecule has 2 saturated heterocycles. The molecular weight excluding hydrogens is 660 g/mol. The van der Waals surface area contributed by atoms with Gasteiger partial charge in [-0.05, 0) is 31.0 Å². The molecule has 2 aliphatic heterocycles. The summed E-state index contributed by atoms with van der Waals surface area (Å²) >= 11 is 13.8. The zero-order valence-corrected chi connectivity index (χ0v) is 27.6. The molecule has 0 unspecified atom stereocenters. The van der Waals surface area contributed by atoms with E-state index >= 15 is 4.39 Å². The Labute approximate surface area is 286 Å². The molecule has 0 radical (unpaired) electrons. The summed E-state index contributed by atoms with van der Waals surface area (Å²) < 4.78 is 21.0. The van der Waals surface area contributed by atoms with Gasteiger partial charge in [0, 0.05) is 74.0 Å². The molecule has 2 fully saturated rings. The lowest BCUT2D eigenvalue weighted by molar-refractivity contribution is -0.120. The predicted octanol–water partition coefficient (Wildman–Crippen LogP) is 4.54. The zero-order chi connectivity index (χ0) is 33.6. The number of carbonyl (C=O) groups excluding carboxylic acids is 2. The van der Waals surface area contributed by atoms with Crippen molar-refractivity contribution in [2.75, 3.05) is 25.5 Å². The van der Waals surface area contributed by atoms with E-state index in [-0.39, 0.29) is 47.0 Å². The van der Waals surface area contributed by atoms with E-state index in [0.29, 0.717) is 71.6 Å². The van der Waals surface area contributed by atoms with Crippen molar-refractivity contribution in [2.24, 2.45) is 0 Å². The second-order valence-corrected chi connectivity index (χ2v) is 12.3. The topological polar surface area (TPSA) is 155 Å². The summed E-state index contributed by atoms with van der Waals surface area (Å²) in [5.41, 5.74) is 3.58. The molecule has 3 aromatic heterocycles. The third kappa shape index (κ3) is 7.65. The Hall–Kier alpha value is -4.43. The number of aromatic nitrogens is 4. The minimum Gasteiger partial charge on any atom is -0.481 e. The van der Waals surface area contributed by atoms with Crippen LogP contribution >= 0.6 is 23.2 Å². The van der Waals surface area contributed by atoms with E-state index in [1.807, 2.05) is 12.1 Å². The summed E-state index contributed by atoms with van der Waals surface area (Å²) in [5.74, 6) is -0.117. The molecule has 250 valence electrons. The number of hydrogen-bond donors (Lipinski definition) is 5. The highest BCUT2D eigenvalue weighted by atomic mass is 35.5. The fourth-order valence-corrected chi connectivity index (χ4v) is 6.30. The van der Waals surface area contributed by atoms with Crippen molar-refractivity contribution in [2.45, 2.75) is 50.9 Å². The van der Waals surface area contributed by atoms with E-state index in [9.17, 15) is 9.59 Å². The van der Waals surface area contributed by atoms with E-state index < -0.39 is 5.82 Å². The van der Waals surface area contributed by atoms with Crippen molar-refractivity contribution in [1.82, 2.24) is 41.2 Å². The van der Waals surface area contributed by atoms with Crippen LogP contribution in [0.4, 0.5) is 15.9 Å². The first-order valence-electron chi connectivity index (χ1n) is 15.5. The molecule has 2 atom stereocenters. The van der Waals surface area contributed by atoms with Crippen LogP contribution in [-0.4, -0.2) is 64.0 Å². The van der Waals surface area contributed by atoms with E-state index in [0.717, 1.165) is 18.4 Å². The van der Waals surface area contributed by atoms with Crippen LogP contribution in [0.5, 0.6) is 5.88 Å². The number of nitrogens with one attached hydrogen (secondary N) is 5. The highest BCUT2D eigenvalue weighted by molar-refractivity contribution is 6.39. The lowest BCUT2D eigenvalue weighted by Gasteiger charge is -2.16. The van der Waals surface area contributed by atoms with E-state index in [4.69, 9.17) is 32.9 Å². The normalized spacial score (nSPS) is 17.3. The Balaban J connectivity index is 1.17. The molecule has 48 heavy (non-hydrogen) atoms. The van der Waals surface area contributed by atoms with E-state index in [2.05, 4.69) is 41.5 Å². The molecule has 2 amide bonds. The van der Waals surface area contributed by atoms with Gasteiger partial charge in [0.2, 0.25) is 17.7 Å². The Kier molecular flexibility index (Phi) is 10.6. The molecular formula is C33H34Cl2FN9O3. The van der Waals surface area contributed by atoms with Gasteiger partial charge in [-0.2, -0.15) is 0 Å². The minimum absolute atomic E-state index is 0.0128. The van der Waals surface area contributed by atoms with Crippen molar-refractivity contribution in [3.63, 3.8) is 0 Å². The quantitative estimate of drug-likeness (QED) is 0.135. The molecule has 0 spiro atoms. The number of rotatable bonds is 13.